The van der Waals surface area contributed by atoms with Crippen LogP contribution in [0.15, 0.2) is 0 Å². The predicted octanol–water partition coefficient (Wildman–Crippen LogP) is 1.99. The number of hydrogen-bond donors (Lipinski definition) is 1. The highest BCUT2D eigenvalue weighted by atomic mass is 15.2. The van der Waals surface area contributed by atoms with Crippen molar-refractivity contribution in [2.75, 3.05) is 13.1 Å². The fourth-order valence-corrected chi connectivity index (χ4v) is 2.01. The second kappa shape index (κ2) is 5.61. The van der Waals surface area contributed by atoms with Crippen molar-refractivity contribution in [3.8, 4) is 0 Å². The van der Waals surface area contributed by atoms with Gasteiger partial charge < -0.3 is 5.73 Å². The molecule has 1 aliphatic heterocycles. The Morgan fingerprint density at radius 3 is 1.85 bits per heavy atom. The summed E-state index contributed by atoms with van der Waals surface area (Å²) in [6.45, 7) is 6.88. The van der Waals surface area contributed by atoms with E-state index in [0.717, 1.165) is 0 Å². The summed E-state index contributed by atoms with van der Waals surface area (Å²) in [5, 5.41) is 0. The van der Waals surface area contributed by atoms with Gasteiger partial charge in [-0.1, -0.05) is 19.3 Å². The molecule has 78 valence electrons. The van der Waals surface area contributed by atoms with E-state index in [-0.39, 0.29) is 0 Å². The van der Waals surface area contributed by atoms with E-state index in [1.165, 1.54) is 45.2 Å². The van der Waals surface area contributed by atoms with Gasteiger partial charge in [0.15, 0.2) is 0 Å². The maximum Gasteiger partial charge on any atom is 0.0216 e. The molecule has 0 saturated carbocycles. The van der Waals surface area contributed by atoms with Crippen LogP contribution in [0.4, 0.5) is 0 Å². The molecule has 1 saturated heterocycles. The Labute approximate surface area is 82.5 Å². The summed E-state index contributed by atoms with van der Waals surface area (Å²) in [5.41, 5.74) is 5.92. The van der Waals surface area contributed by atoms with Crippen molar-refractivity contribution >= 4 is 0 Å². The molecular weight excluding hydrogens is 160 g/mol. The lowest BCUT2D eigenvalue weighted by atomic mass is 10.0. The van der Waals surface area contributed by atoms with Gasteiger partial charge in [0.05, 0.1) is 0 Å². The van der Waals surface area contributed by atoms with Gasteiger partial charge >= 0.3 is 0 Å². The van der Waals surface area contributed by atoms with Crippen LogP contribution in [-0.2, 0) is 0 Å². The largest absolute Gasteiger partial charge is 0.327 e. The lowest BCUT2D eigenvalue weighted by Crippen LogP contribution is -2.45. The highest BCUT2D eigenvalue weighted by Crippen LogP contribution is 2.13. The van der Waals surface area contributed by atoms with Crippen LogP contribution in [0.1, 0.15) is 46.0 Å². The predicted molar refractivity (Wildman–Crippen MR) is 57.8 cm³/mol. The molecule has 1 heterocycles. The molecule has 2 N–H and O–H groups in total. The van der Waals surface area contributed by atoms with Gasteiger partial charge in [-0.25, -0.2) is 0 Å². The molecule has 0 radical (unpaired) electrons. The summed E-state index contributed by atoms with van der Waals surface area (Å²) >= 11 is 0. The first kappa shape index (κ1) is 11.0. The second-order valence-electron chi connectivity index (χ2n) is 4.40. The molecule has 2 nitrogen and oxygen atoms in total. The highest BCUT2D eigenvalue weighted by molar-refractivity contribution is 4.75. The Morgan fingerprint density at radius 1 is 0.923 bits per heavy atom. The first-order valence-corrected chi connectivity index (χ1v) is 5.71. The summed E-state index contributed by atoms with van der Waals surface area (Å²) < 4.78 is 0. The molecule has 0 aromatic rings. The van der Waals surface area contributed by atoms with Crippen molar-refractivity contribution in [2.45, 2.75) is 58.0 Å². The van der Waals surface area contributed by atoms with Crippen LogP contribution in [0.3, 0.4) is 0 Å². The van der Waals surface area contributed by atoms with Crippen LogP contribution in [-0.4, -0.2) is 30.1 Å². The van der Waals surface area contributed by atoms with E-state index < -0.39 is 0 Å². The number of rotatable bonds is 2. The van der Waals surface area contributed by atoms with Crippen LogP contribution in [0, 0.1) is 0 Å². The lowest BCUT2D eigenvalue weighted by Gasteiger charge is -2.32. The van der Waals surface area contributed by atoms with Crippen LogP contribution >= 0.6 is 0 Å². The normalized spacial score (nSPS) is 26.1. The third kappa shape index (κ3) is 3.65. The molecule has 2 unspecified atom stereocenters. The number of nitrogens with two attached hydrogens (primary N) is 1. The monoisotopic (exact) mass is 184 g/mol. The summed E-state index contributed by atoms with van der Waals surface area (Å²) in [7, 11) is 0. The number of nitrogens with zero attached hydrogens (tertiary/aromatic N) is 1. The molecule has 0 aliphatic carbocycles. The van der Waals surface area contributed by atoms with E-state index in [9.17, 15) is 0 Å². The Morgan fingerprint density at radius 2 is 1.38 bits per heavy atom. The van der Waals surface area contributed by atoms with Gasteiger partial charge in [0.1, 0.15) is 0 Å². The van der Waals surface area contributed by atoms with Gasteiger partial charge in [-0.15, -0.1) is 0 Å². The third-order valence-electron chi connectivity index (χ3n) is 3.23. The second-order valence-corrected chi connectivity index (χ2v) is 4.40. The van der Waals surface area contributed by atoms with Crippen molar-refractivity contribution in [3.63, 3.8) is 0 Å². The van der Waals surface area contributed by atoms with Crippen molar-refractivity contribution in [3.05, 3.63) is 0 Å². The molecule has 0 aromatic heterocycles. The molecule has 2 atom stereocenters. The van der Waals surface area contributed by atoms with E-state index in [0.29, 0.717) is 12.1 Å². The molecule has 0 spiro atoms. The van der Waals surface area contributed by atoms with Crippen LogP contribution in [0.5, 0.6) is 0 Å². The van der Waals surface area contributed by atoms with E-state index in [1.807, 2.05) is 0 Å². The van der Waals surface area contributed by atoms with Gasteiger partial charge in [-0.3, -0.25) is 4.90 Å². The van der Waals surface area contributed by atoms with E-state index in [1.54, 1.807) is 0 Å². The van der Waals surface area contributed by atoms with Gasteiger partial charge in [0, 0.05) is 12.1 Å². The SMILES string of the molecule is CC(N)C(C)N1CCCCCCC1. The smallest absolute Gasteiger partial charge is 0.0216 e. The van der Waals surface area contributed by atoms with Crippen molar-refractivity contribution < 1.29 is 0 Å². The lowest BCUT2D eigenvalue weighted by molar-refractivity contribution is 0.173. The Kier molecular flexibility index (Phi) is 4.74. The van der Waals surface area contributed by atoms with Crippen molar-refractivity contribution in [1.29, 1.82) is 0 Å². The van der Waals surface area contributed by atoms with Crippen LogP contribution < -0.4 is 5.73 Å². The first-order valence-electron chi connectivity index (χ1n) is 5.71. The minimum Gasteiger partial charge on any atom is -0.327 e. The van der Waals surface area contributed by atoms with E-state index in [2.05, 4.69) is 18.7 Å². The average Bonchev–Trinajstić information content (AvgIpc) is 2.02. The van der Waals surface area contributed by atoms with E-state index >= 15 is 0 Å². The zero-order chi connectivity index (χ0) is 9.68. The maximum absolute atomic E-state index is 5.92. The molecule has 0 amide bonds. The zero-order valence-electron chi connectivity index (χ0n) is 9.13. The maximum atomic E-state index is 5.92. The first-order chi connectivity index (χ1) is 6.22. The standard InChI is InChI=1S/C11H24N2/c1-10(12)11(2)13-8-6-4-3-5-7-9-13/h10-11H,3-9,12H2,1-2H3. The molecular formula is C11H24N2. The highest BCUT2D eigenvalue weighted by Gasteiger charge is 2.17. The van der Waals surface area contributed by atoms with Crippen molar-refractivity contribution in [1.82, 2.24) is 4.90 Å². The summed E-state index contributed by atoms with van der Waals surface area (Å²) in [6.07, 6.45) is 6.96. The molecule has 1 rings (SSSR count). The Hall–Kier alpha value is -0.0800. The fraction of sp³-hybridized carbons (Fsp3) is 1.00. The van der Waals surface area contributed by atoms with Gasteiger partial charge in [0.25, 0.3) is 0 Å². The van der Waals surface area contributed by atoms with Gasteiger partial charge in [-0.05, 0) is 39.8 Å². The van der Waals surface area contributed by atoms with Crippen LogP contribution in [0.25, 0.3) is 0 Å². The zero-order valence-corrected chi connectivity index (χ0v) is 9.13. The minimum atomic E-state index is 0.305. The minimum absolute atomic E-state index is 0.305. The Bertz CT molecular complexity index is 126. The molecule has 0 bridgehead atoms. The molecule has 1 fully saturated rings. The molecule has 13 heavy (non-hydrogen) atoms. The average molecular weight is 184 g/mol. The van der Waals surface area contributed by atoms with E-state index in [4.69, 9.17) is 5.73 Å². The Balaban J connectivity index is 2.36. The third-order valence-corrected chi connectivity index (χ3v) is 3.23. The topological polar surface area (TPSA) is 29.3 Å². The summed E-state index contributed by atoms with van der Waals surface area (Å²) in [6, 6.07) is 0.859. The molecule has 2 heteroatoms. The van der Waals surface area contributed by atoms with Gasteiger partial charge in [0.2, 0.25) is 0 Å². The van der Waals surface area contributed by atoms with Crippen LogP contribution in [0.2, 0.25) is 0 Å². The summed E-state index contributed by atoms with van der Waals surface area (Å²) in [4.78, 5) is 2.56. The number of likely N-dealkylation sites (tertiary alicyclic amines) is 1. The quantitative estimate of drug-likeness (QED) is 0.711. The fourth-order valence-electron chi connectivity index (χ4n) is 2.01. The van der Waals surface area contributed by atoms with Gasteiger partial charge in [-0.2, -0.15) is 0 Å². The number of hydrogen-bond acceptors (Lipinski definition) is 2. The molecule has 0 aromatic carbocycles. The summed E-state index contributed by atoms with van der Waals surface area (Å²) in [5.74, 6) is 0. The van der Waals surface area contributed by atoms with Crippen molar-refractivity contribution in [2.24, 2.45) is 5.73 Å². The molecule has 1 aliphatic rings.